The van der Waals surface area contributed by atoms with Gasteiger partial charge >= 0.3 is 0 Å². The van der Waals surface area contributed by atoms with Crippen molar-refractivity contribution in [3.05, 3.63) is 35.9 Å². The first-order chi connectivity index (χ1) is 10.2. The van der Waals surface area contributed by atoms with Crippen LogP contribution in [0.3, 0.4) is 0 Å². The van der Waals surface area contributed by atoms with Gasteiger partial charge in [-0.3, -0.25) is 9.69 Å². The van der Waals surface area contributed by atoms with Gasteiger partial charge in [0, 0.05) is 25.6 Å². The molecule has 0 radical (unpaired) electrons. The Morgan fingerprint density at radius 3 is 2.71 bits per heavy atom. The largest absolute Gasteiger partial charge is 0.376 e. The molecule has 0 aliphatic carbocycles. The number of primary amides is 1. The highest BCUT2D eigenvalue weighted by atomic mass is 16.6. The molecule has 0 bridgehead atoms. The smallest absolute Gasteiger partial charge is 0.222 e. The fraction of sp³-hybridized carbons (Fsp3) is 0.562. The Kier molecular flexibility index (Phi) is 4.53. The summed E-state index contributed by atoms with van der Waals surface area (Å²) in [4.78, 5) is 14.0. The summed E-state index contributed by atoms with van der Waals surface area (Å²) >= 11 is 0. The van der Waals surface area contributed by atoms with E-state index in [1.54, 1.807) is 0 Å². The second-order valence-corrected chi connectivity index (χ2v) is 5.81. The number of hydrogen-bond donors (Lipinski definition) is 1. The molecule has 1 unspecified atom stereocenters. The van der Waals surface area contributed by atoms with Gasteiger partial charge in [-0.05, 0) is 5.56 Å². The van der Waals surface area contributed by atoms with E-state index in [0.717, 1.165) is 13.1 Å². The summed E-state index contributed by atoms with van der Waals surface area (Å²) < 4.78 is 11.1. The summed E-state index contributed by atoms with van der Waals surface area (Å²) in [7, 11) is 0. The molecule has 3 atom stereocenters. The van der Waals surface area contributed by atoms with Gasteiger partial charge in [-0.15, -0.1) is 0 Å². The second kappa shape index (κ2) is 6.56. The quantitative estimate of drug-likeness (QED) is 0.882. The van der Waals surface area contributed by atoms with Crippen LogP contribution in [0.15, 0.2) is 30.3 Å². The zero-order valence-electron chi connectivity index (χ0n) is 12.1. The average molecular weight is 290 g/mol. The van der Waals surface area contributed by atoms with Gasteiger partial charge in [0.15, 0.2) is 0 Å². The van der Waals surface area contributed by atoms with Crippen LogP contribution in [-0.2, 0) is 14.3 Å². The van der Waals surface area contributed by atoms with Crippen LogP contribution >= 0.6 is 0 Å². The van der Waals surface area contributed by atoms with E-state index < -0.39 is 0 Å². The van der Waals surface area contributed by atoms with Gasteiger partial charge in [0.25, 0.3) is 0 Å². The highest BCUT2D eigenvalue weighted by Gasteiger charge is 2.38. The molecule has 0 spiro atoms. The predicted molar refractivity (Wildman–Crippen MR) is 78.9 cm³/mol. The molecule has 1 amide bonds. The van der Waals surface area contributed by atoms with Crippen molar-refractivity contribution < 1.29 is 14.3 Å². The van der Waals surface area contributed by atoms with Crippen molar-refractivity contribution in [2.45, 2.75) is 12.0 Å². The van der Waals surface area contributed by atoms with E-state index in [1.807, 2.05) is 18.2 Å². The number of rotatable bonds is 4. The Morgan fingerprint density at radius 1 is 1.24 bits per heavy atom. The van der Waals surface area contributed by atoms with Gasteiger partial charge in [-0.1, -0.05) is 30.3 Å². The number of ether oxygens (including phenoxy) is 2. The van der Waals surface area contributed by atoms with Crippen LogP contribution in [-0.4, -0.2) is 56.4 Å². The number of hydrogen-bond acceptors (Lipinski definition) is 4. The molecule has 3 rings (SSSR count). The molecule has 2 saturated heterocycles. The molecule has 5 nitrogen and oxygen atoms in total. The number of carbonyl (C=O) groups excluding carboxylic acids is 1. The molecular formula is C16H22N2O3. The second-order valence-electron chi connectivity index (χ2n) is 5.81. The monoisotopic (exact) mass is 290 g/mol. The van der Waals surface area contributed by atoms with Gasteiger partial charge in [0.05, 0.1) is 31.8 Å². The lowest BCUT2D eigenvalue weighted by Crippen LogP contribution is -2.39. The first-order valence-electron chi connectivity index (χ1n) is 7.50. The molecule has 2 aliphatic heterocycles. The third-order valence-corrected chi connectivity index (χ3v) is 4.34. The average Bonchev–Trinajstić information content (AvgIpc) is 2.93. The van der Waals surface area contributed by atoms with Crippen molar-refractivity contribution in [1.29, 1.82) is 0 Å². The normalized spacial score (nSPS) is 30.4. The van der Waals surface area contributed by atoms with Crippen LogP contribution in [0.1, 0.15) is 11.5 Å². The van der Waals surface area contributed by atoms with Gasteiger partial charge in [-0.25, -0.2) is 0 Å². The Morgan fingerprint density at radius 2 is 2.05 bits per heavy atom. The SMILES string of the molecule is NC(=O)[C@@H]1CN(CC2COCCO2)C[C@H]1c1ccccc1. The maximum atomic E-state index is 11.8. The molecule has 1 aromatic rings. The number of nitrogens with zero attached hydrogens (tertiary/aromatic N) is 1. The lowest BCUT2D eigenvalue weighted by Gasteiger charge is -2.27. The van der Waals surface area contributed by atoms with Gasteiger partial charge in [0.1, 0.15) is 0 Å². The third-order valence-electron chi connectivity index (χ3n) is 4.34. The lowest BCUT2D eigenvalue weighted by atomic mass is 9.89. The zero-order valence-corrected chi connectivity index (χ0v) is 12.1. The van der Waals surface area contributed by atoms with Crippen molar-refractivity contribution in [2.75, 3.05) is 39.5 Å². The number of likely N-dealkylation sites (tertiary alicyclic amines) is 1. The summed E-state index contributed by atoms with van der Waals surface area (Å²) in [6.07, 6.45) is 0.0989. The zero-order chi connectivity index (χ0) is 14.7. The summed E-state index contributed by atoms with van der Waals surface area (Å²) in [5.41, 5.74) is 6.78. The van der Waals surface area contributed by atoms with E-state index in [9.17, 15) is 4.79 Å². The number of benzene rings is 1. The molecule has 1 aromatic carbocycles. The van der Waals surface area contributed by atoms with E-state index in [4.69, 9.17) is 15.2 Å². The van der Waals surface area contributed by atoms with Crippen molar-refractivity contribution in [2.24, 2.45) is 11.7 Å². The Labute approximate surface area is 125 Å². The molecule has 5 heteroatoms. The molecule has 21 heavy (non-hydrogen) atoms. The lowest BCUT2D eigenvalue weighted by molar-refractivity contribution is -0.122. The highest BCUT2D eigenvalue weighted by molar-refractivity contribution is 5.78. The van der Waals surface area contributed by atoms with Crippen LogP contribution in [0.25, 0.3) is 0 Å². The Balaban J connectivity index is 1.67. The van der Waals surface area contributed by atoms with Crippen molar-refractivity contribution >= 4 is 5.91 Å². The summed E-state index contributed by atoms with van der Waals surface area (Å²) in [5, 5.41) is 0. The number of amides is 1. The third kappa shape index (κ3) is 3.43. The molecular weight excluding hydrogens is 268 g/mol. The standard InChI is InChI=1S/C16H22N2O3/c17-16(19)15-10-18(8-13-11-20-6-7-21-13)9-14(15)12-4-2-1-3-5-12/h1-5,13-15H,6-11H2,(H2,17,19)/t13?,14-,15+/m0/s1. The number of carbonyl (C=O) groups is 1. The predicted octanol–water partition coefficient (Wildman–Crippen LogP) is 0.603. The molecule has 114 valence electrons. The fourth-order valence-electron chi connectivity index (χ4n) is 3.29. The summed E-state index contributed by atoms with van der Waals surface area (Å²) in [6, 6.07) is 10.2. The molecule has 2 aliphatic rings. The van der Waals surface area contributed by atoms with Crippen LogP contribution in [0, 0.1) is 5.92 Å². The van der Waals surface area contributed by atoms with Crippen LogP contribution in [0.4, 0.5) is 0 Å². The van der Waals surface area contributed by atoms with Gasteiger partial charge in [0.2, 0.25) is 5.91 Å². The van der Waals surface area contributed by atoms with Crippen LogP contribution in [0.5, 0.6) is 0 Å². The minimum absolute atomic E-state index is 0.0989. The van der Waals surface area contributed by atoms with E-state index >= 15 is 0 Å². The van der Waals surface area contributed by atoms with Gasteiger partial charge < -0.3 is 15.2 Å². The minimum atomic E-state index is -0.216. The Bertz CT molecular complexity index is 474. The fourth-order valence-corrected chi connectivity index (χ4v) is 3.29. The van der Waals surface area contributed by atoms with Crippen LogP contribution < -0.4 is 5.73 Å². The summed E-state index contributed by atoms with van der Waals surface area (Å²) in [5.74, 6) is -0.169. The van der Waals surface area contributed by atoms with E-state index in [-0.39, 0.29) is 23.8 Å². The molecule has 2 N–H and O–H groups in total. The first-order valence-corrected chi connectivity index (χ1v) is 7.50. The van der Waals surface area contributed by atoms with E-state index in [0.29, 0.717) is 26.4 Å². The number of nitrogens with two attached hydrogens (primary N) is 1. The molecule has 2 heterocycles. The maximum Gasteiger partial charge on any atom is 0.222 e. The molecule has 2 fully saturated rings. The summed E-state index contributed by atoms with van der Waals surface area (Å²) in [6.45, 7) is 4.31. The van der Waals surface area contributed by atoms with Crippen molar-refractivity contribution in [3.8, 4) is 0 Å². The van der Waals surface area contributed by atoms with Crippen LogP contribution in [0.2, 0.25) is 0 Å². The Hall–Kier alpha value is -1.43. The molecule has 0 saturated carbocycles. The van der Waals surface area contributed by atoms with Gasteiger partial charge in [-0.2, -0.15) is 0 Å². The highest BCUT2D eigenvalue weighted by Crippen LogP contribution is 2.32. The topological polar surface area (TPSA) is 64.8 Å². The maximum absolute atomic E-state index is 11.8. The van der Waals surface area contributed by atoms with E-state index in [2.05, 4.69) is 17.0 Å². The minimum Gasteiger partial charge on any atom is -0.376 e. The first kappa shape index (κ1) is 14.5. The molecule has 0 aromatic heterocycles. The van der Waals surface area contributed by atoms with Crippen molar-refractivity contribution in [1.82, 2.24) is 4.90 Å². The van der Waals surface area contributed by atoms with Crippen molar-refractivity contribution in [3.63, 3.8) is 0 Å². The van der Waals surface area contributed by atoms with E-state index in [1.165, 1.54) is 5.56 Å².